The lowest BCUT2D eigenvalue weighted by Crippen LogP contribution is -2.37. The third kappa shape index (κ3) is 7.03. The maximum atomic E-state index is 13.4. The maximum absolute atomic E-state index is 13.4. The molecule has 4 rings (SSSR count). The van der Waals surface area contributed by atoms with E-state index in [1.165, 1.54) is 50.0 Å². The Balaban J connectivity index is 1.55. The first-order valence-electron chi connectivity index (χ1n) is 13.0. The first-order chi connectivity index (χ1) is 19.5. The van der Waals surface area contributed by atoms with Crippen molar-refractivity contribution >= 4 is 28.9 Å². The molecule has 4 aromatic rings. The van der Waals surface area contributed by atoms with E-state index in [2.05, 4.69) is 4.98 Å². The molecule has 41 heavy (non-hydrogen) atoms. The first-order valence-corrected chi connectivity index (χ1v) is 13.0. The molecule has 0 radical (unpaired) electrons. The minimum absolute atomic E-state index is 0.0267. The van der Waals surface area contributed by atoms with Crippen LogP contribution >= 0.6 is 0 Å². The number of aromatic nitrogens is 4. The fourth-order valence-electron chi connectivity index (χ4n) is 4.56. The number of esters is 2. The zero-order valence-corrected chi connectivity index (χ0v) is 23.3. The molecule has 0 fully saturated rings. The molecular weight excluding hydrogens is 530 g/mol. The number of ketones is 1. The molecule has 2 aromatic heterocycles. The molecule has 2 heterocycles. The number of nitrogens with zero attached hydrogens (tertiary/aromatic N) is 5. The highest BCUT2D eigenvalue weighted by molar-refractivity contribution is 5.98. The van der Waals surface area contributed by atoms with Crippen LogP contribution in [0.5, 0.6) is 11.5 Å². The van der Waals surface area contributed by atoms with Crippen LogP contribution in [0.2, 0.25) is 0 Å². The van der Waals surface area contributed by atoms with Crippen molar-refractivity contribution in [1.82, 2.24) is 23.6 Å². The number of hydrogen-bond acceptors (Lipinski definition) is 9. The zero-order chi connectivity index (χ0) is 29.7. The summed E-state index contributed by atoms with van der Waals surface area (Å²) in [6, 6.07) is 13.9. The summed E-state index contributed by atoms with van der Waals surface area (Å²) in [6.07, 6.45) is 2.11. The lowest BCUT2D eigenvalue weighted by Gasteiger charge is -2.22. The van der Waals surface area contributed by atoms with Crippen LogP contribution < -0.4 is 20.7 Å². The molecule has 0 bridgehead atoms. The number of Topliss-reactive ketones (excluding diaryl/α,β-unsaturated/α-hetero) is 1. The molecule has 12 heteroatoms. The number of imidazole rings is 1. The first kappa shape index (κ1) is 29.2. The monoisotopic (exact) mass is 561 g/mol. The largest absolute Gasteiger partial charge is 0.427 e. The minimum atomic E-state index is -0.573. The maximum Gasteiger partial charge on any atom is 0.332 e. The second-order valence-electron chi connectivity index (χ2n) is 9.67. The number of carbonyl (C=O) groups excluding carboxylic acids is 3. The molecule has 0 N–H and O–H groups in total. The Labute approximate surface area is 235 Å². The second kappa shape index (κ2) is 12.6. The standard InChI is InChI=1S/C29H31N5O7/c1-19(35)40-23-13-22(14-24(15-23)41-20(2)36)25(37)17-33(16-21-9-6-5-7-10-21)11-8-12-34-18-30-27-26(34)28(38)32(4)29(39)31(27)3/h5-7,9-10,13-15,18H,8,11-12,16-17H2,1-4H3. The molecule has 0 saturated heterocycles. The van der Waals surface area contributed by atoms with E-state index in [1.54, 1.807) is 11.6 Å². The molecule has 0 atom stereocenters. The molecule has 0 spiro atoms. The van der Waals surface area contributed by atoms with Gasteiger partial charge in [-0.15, -0.1) is 0 Å². The summed E-state index contributed by atoms with van der Waals surface area (Å²) >= 11 is 0. The van der Waals surface area contributed by atoms with E-state index in [4.69, 9.17) is 9.47 Å². The highest BCUT2D eigenvalue weighted by Gasteiger charge is 2.18. The van der Waals surface area contributed by atoms with Gasteiger partial charge in [-0.1, -0.05) is 30.3 Å². The summed E-state index contributed by atoms with van der Waals surface area (Å²) in [5.74, 6) is -1.22. The van der Waals surface area contributed by atoms with Gasteiger partial charge in [0.05, 0.1) is 12.9 Å². The lowest BCUT2D eigenvalue weighted by atomic mass is 10.1. The van der Waals surface area contributed by atoms with Crippen molar-refractivity contribution in [2.24, 2.45) is 14.1 Å². The van der Waals surface area contributed by atoms with Crippen LogP contribution in [0.15, 0.2) is 64.4 Å². The normalized spacial score (nSPS) is 11.1. The number of carbonyl (C=O) groups is 3. The molecule has 0 aliphatic heterocycles. The van der Waals surface area contributed by atoms with Crippen LogP contribution in [-0.2, 0) is 36.8 Å². The van der Waals surface area contributed by atoms with Gasteiger partial charge in [0, 0.05) is 59.2 Å². The van der Waals surface area contributed by atoms with Gasteiger partial charge in [0.15, 0.2) is 16.9 Å². The Kier molecular flexibility index (Phi) is 8.93. The van der Waals surface area contributed by atoms with Crippen molar-refractivity contribution in [3.63, 3.8) is 0 Å². The van der Waals surface area contributed by atoms with Gasteiger partial charge in [-0.05, 0) is 24.1 Å². The predicted molar refractivity (Wildman–Crippen MR) is 150 cm³/mol. The Morgan fingerprint density at radius 1 is 0.902 bits per heavy atom. The number of aryl methyl sites for hydroxylation is 2. The zero-order valence-electron chi connectivity index (χ0n) is 23.3. The average molecular weight is 562 g/mol. The highest BCUT2D eigenvalue weighted by atomic mass is 16.5. The number of benzene rings is 2. The van der Waals surface area contributed by atoms with Crippen molar-refractivity contribution in [2.75, 3.05) is 13.1 Å². The Morgan fingerprint density at radius 3 is 2.15 bits per heavy atom. The summed E-state index contributed by atoms with van der Waals surface area (Å²) < 4.78 is 14.4. The van der Waals surface area contributed by atoms with Crippen LogP contribution in [-0.4, -0.2) is 54.4 Å². The molecule has 0 amide bonds. The quantitative estimate of drug-likeness (QED) is 0.153. The summed E-state index contributed by atoms with van der Waals surface area (Å²) in [7, 11) is 3.00. The third-order valence-electron chi connectivity index (χ3n) is 6.43. The van der Waals surface area contributed by atoms with Crippen molar-refractivity contribution in [3.8, 4) is 11.5 Å². The number of rotatable bonds is 11. The number of ether oxygens (including phenoxy) is 2. The molecule has 0 aliphatic carbocycles. The van der Waals surface area contributed by atoms with Crippen LogP contribution in [0.1, 0.15) is 36.2 Å². The summed E-state index contributed by atoms with van der Waals surface area (Å²) in [5, 5.41) is 0. The lowest BCUT2D eigenvalue weighted by molar-refractivity contribution is -0.132. The van der Waals surface area contributed by atoms with Crippen LogP contribution in [0, 0.1) is 0 Å². The van der Waals surface area contributed by atoms with Gasteiger partial charge in [0.2, 0.25) is 0 Å². The van der Waals surface area contributed by atoms with Gasteiger partial charge in [0.25, 0.3) is 5.56 Å². The van der Waals surface area contributed by atoms with Crippen LogP contribution in [0.3, 0.4) is 0 Å². The number of fused-ring (bicyclic) bond motifs is 1. The molecule has 12 nitrogen and oxygen atoms in total. The highest BCUT2D eigenvalue weighted by Crippen LogP contribution is 2.24. The van der Waals surface area contributed by atoms with Gasteiger partial charge in [-0.25, -0.2) is 9.78 Å². The topological polar surface area (TPSA) is 135 Å². The molecule has 2 aromatic carbocycles. The van der Waals surface area contributed by atoms with Crippen molar-refractivity contribution in [1.29, 1.82) is 0 Å². The van der Waals surface area contributed by atoms with E-state index in [1.807, 2.05) is 35.2 Å². The van der Waals surface area contributed by atoms with E-state index in [-0.39, 0.29) is 29.4 Å². The smallest absolute Gasteiger partial charge is 0.332 e. The van der Waals surface area contributed by atoms with E-state index in [0.29, 0.717) is 37.2 Å². The summed E-state index contributed by atoms with van der Waals surface area (Å²) in [6.45, 7) is 3.91. The molecule has 214 valence electrons. The average Bonchev–Trinajstić information content (AvgIpc) is 3.34. The van der Waals surface area contributed by atoms with Crippen molar-refractivity contribution in [3.05, 3.63) is 86.8 Å². The van der Waals surface area contributed by atoms with Crippen LogP contribution in [0.25, 0.3) is 11.2 Å². The van der Waals surface area contributed by atoms with E-state index < -0.39 is 23.2 Å². The summed E-state index contributed by atoms with van der Waals surface area (Å²) in [4.78, 5) is 67.7. The van der Waals surface area contributed by atoms with E-state index in [9.17, 15) is 24.0 Å². The Morgan fingerprint density at radius 2 is 1.54 bits per heavy atom. The molecule has 0 saturated carbocycles. The predicted octanol–water partition coefficient (Wildman–Crippen LogP) is 2.06. The van der Waals surface area contributed by atoms with Gasteiger partial charge >= 0.3 is 17.6 Å². The fraction of sp³-hybridized carbons (Fsp3) is 0.310. The van der Waals surface area contributed by atoms with Crippen molar-refractivity contribution < 1.29 is 23.9 Å². The second-order valence-corrected chi connectivity index (χ2v) is 9.67. The molecular formula is C29H31N5O7. The van der Waals surface area contributed by atoms with Crippen LogP contribution in [0.4, 0.5) is 0 Å². The SMILES string of the molecule is CC(=O)Oc1cc(OC(C)=O)cc(C(=O)CN(CCCn2cnc3c2c(=O)n(C)c(=O)n3C)Cc2ccccc2)c1. The Bertz CT molecular complexity index is 1690. The number of hydrogen-bond donors (Lipinski definition) is 0. The van der Waals surface area contributed by atoms with Gasteiger partial charge < -0.3 is 14.0 Å². The summed E-state index contributed by atoms with van der Waals surface area (Å²) in [5.41, 5.74) is 1.00. The van der Waals surface area contributed by atoms with Crippen molar-refractivity contribution in [2.45, 2.75) is 33.4 Å². The minimum Gasteiger partial charge on any atom is -0.427 e. The Hall–Kier alpha value is -4.84. The van der Waals surface area contributed by atoms with Gasteiger partial charge in [0.1, 0.15) is 11.5 Å². The molecule has 0 unspecified atom stereocenters. The van der Waals surface area contributed by atoms with E-state index >= 15 is 0 Å². The van der Waals surface area contributed by atoms with E-state index in [0.717, 1.165) is 10.1 Å². The van der Waals surface area contributed by atoms with Gasteiger partial charge in [-0.3, -0.25) is 33.2 Å². The molecule has 0 aliphatic rings. The van der Waals surface area contributed by atoms with Gasteiger partial charge in [-0.2, -0.15) is 0 Å². The third-order valence-corrected chi connectivity index (χ3v) is 6.43. The fourth-order valence-corrected chi connectivity index (χ4v) is 4.56.